The third-order valence-electron chi connectivity index (χ3n) is 2.64. The van der Waals surface area contributed by atoms with Gasteiger partial charge in [0.15, 0.2) is 0 Å². The summed E-state index contributed by atoms with van der Waals surface area (Å²) in [5.41, 5.74) is 0.976. The summed E-state index contributed by atoms with van der Waals surface area (Å²) < 4.78 is 0. The van der Waals surface area contributed by atoms with Gasteiger partial charge < -0.3 is 5.32 Å². The van der Waals surface area contributed by atoms with E-state index in [0.717, 1.165) is 11.4 Å². The van der Waals surface area contributed by atoms with Crippen molar-refractivity contribution >= 4 is 29.3 Å². The molecule has 2 rings (SSSR count). The van der Waals surface area contributed by atoms with Gasteiger partial charge in [-0.25, -0.2) is 4.98 Å². The Labute approximate surface area is 126 Å². The Balaban J connectivity index is 1.85. The summed E-state index contributed by atoms with van der Waals surface area (Å²) in [5.74, 6) is 0.951. The van der Waals surface area contributed by atoms with E-state index in [1.54, 1.807) is 6.07 Å². The standard InChI is InChI=1S/C13H15ClN4OS/c1-8(10-4-3-5-11(14)6-10)15-12(19)7-20-13-16-9(2)17-18-13/h3-6,8H,7H2,1-2H3,(H,15,19)(H,16,17,18). The monoisotopic (exact) mass is 310 g/mol. The molecule has 0 aliphatic rings. The highest BCUT2D eigenvalue weighted by Gasteiger charge is 2.11. The molecule has 2 aromatic rings. The average molecular weight is 311 g/mol. The van der Waals surface area contributed by atoms with Crippen LogP contribution >= 0.6 is 23.4 Å². The van der Waals surface area contributed by atoms with Crippen molar-refractivity contribution in [3.05, 3.63) is 40.7 Å². The molecule has 2 N–H and O–H groups in total. The minimum Gasteiger partial charge on any atom is -0.349 e. The van der Waals surface area contributed by atoms with Gasteiger partial charge in [0.2, 0.25) is 11.1 Å². The van der Waals surface area contributed by atoms with Crippen molar-refractivity contribution in [1.29, 1.82) is 0 Å². The molecule has 0 aliphatic heterocycles. The molecule has 0 bridgehead atoms. The van der Waals surface area contributed by atoms with E-state index < -0.39 is 0 Å². The second-order valence-electron chi connectivity index (χ2n) is 4.34. The van der Waals surface area contributed by atoms with Crippen LogP contribution in [0.4, 0.5) is 0 Å². The maximum Gasteiger partial charge on any atom is 0.230 e. The van der Waals surface area contributed by atoms with Gasteiger partial charge in [-0.1, -0.05) is 35.5 Å². The van der Waals surface area contributed by atoms with Crippen LogP contribution in [0.25, 0.3) is 0 Å². The topological polar surface area (TPSA) is 70.7 Å². The Hall–Kier alpha value is -1.53. The van der Waals surface area contributed by atoms with Crippen LogP contribution in [0.15, 0.2) is 29.4 Å². The van der Waals surface area contributed by atoms with E-state index in [9.17, 15) is 4.79 Å². The number of nitrogens with zero attached hydrogens (tertiary/aromatic N) is 2. The van der Waals surface area contributed by atoms with Crippen LogP contribution in [0.3, 0.4) is 0 Å². The lowest BCUT2D eigenvalue weighted by Gasteiger charge is -2.14. The fourth-order valence-electron chi connectivity index (χ4n) is 1.66. The Bertz CT molecular complexity index is 602. The molecule has 5 nitrogen and oxygen atoms in total. The first kappa shape index (κ1) is 14.9. The summed E-state index contributed by atoms with van der Waals surface area (Å²) in [4.78, 5) is 16.0. The van der Waals surface area contributed by atoms with E-state index in [4.69, 9.17) is 11.6 Å². The van der Waals surface area contributed by atoms with E-state index in [1.807, 2.05) is 32.0 Å². The molecular weight excluding hydrogens is 296 g/mol. The first-order valence-electron chi connectivity index (χ1n) is 6.11. The minimum absolute atomic E-state index is 0.0649. The van der Waals surface area contributed by atoms with Crippen molar-refractivity contribution in [2.24, 2.45) is 0 Å². The van der Waals surface area contributed by atoms with Crippen LogP contribution in [0.5, 0.6) is 0 Å². The van der Waals surface area contributed by atoms with E-state index in [1.165, 1.54) is 11.8 Å². The molecule has 1 heterocycles. The van der Waals surface area contributed by atoms with Gasteiger partial charge >= 0.3 is 0 Å². The predicted octanol–water partition coefficient (Wildman–Crippen LogP) is 2.74. The van der Waals surface area contributed by atoms with Gasteiger partial charge in [0, 0.05) is 5.02 Å². The molecule has 1 aromatic heterocycles. The molecule has 7 heteroatoms. The molecule has 0 saturated carbocycles. The molecule has 1 aromatic carbocycles. The molecule has 1 amide bonds. The van der Waals surface area contributed by atoms with Crippen molar-refractivity contribution < 1.29 is 4.79 Å². The summed E-state index contributed by atoms with van der Waals surface area (Å²) in [5, 5.41) is 10.9. The quantitative estimate of drug-likeness (QED) is 0.833. The molecule has 1 unspecified atom stereocenters. The van der Waals surface area contributed by atoms with Gasteiger partial charge in [0.05, 0.1) is 11.8 Å². The van der Waals surface area contributed by atoms with E-state index in [-0.39, 0.29) is 17.7 Å². The van der Waals surface area contributed by atoms with Crippen LogP contribution < -0.4 is 5.32 Å². The third-order valence-corrected chi connectivity index (χ3v) is 3.72. The van der Waals surface area contributed by atoms with Crippen LogP contribution in [0, 0.1) is 6.92 Å². The highest BCUT2D eigenvalue weighted by Crippen LogP contribution is 2.18. The van der Waals surface area contributed by atoms with Crippen LogP contribution in [-0.4, -0.2) is 26.8 Å². The van der Waals surface area contributed by atoms with Gasteiger partial charge in [-0.15, -0.1) is 5.10 Å². The van der Waals surface area contributed by atoms with Crippen molar-refractivity contribution in [3.63, 3.8) is 0 Å². The lowest BCUT2D eigenvalue weighted by molar-refractivity contribution is -0.119. The third kappa shape index (κ3) is 4.25. The summed E-state index contributed by atoms with van der Waals surface area (Å²) in [6.45, 7) is 3.74. The van der Waals surface area contributed by atoms with Gasteiger partial charge in [-0.3, -0.25) is 9.89 Å². The lowest BCUT2D eigenvalue weighted by atomic mass is 10.1. The van der Waals surface area contributed by atoms with Crippen molar-refractivity contribution in [2.45, 2.75) is 25.0 Å². The van der Waals surface area contributed by atoms with Crippen molar-refractivity contribution in [2.75, 3.05) is 5.75 Å². The largest absolute Gasteiger partial charge is 0.349 e. The van der Waals surface area contributed by atoms with Gasteiger partial charge in [0.25, 0.3) is 0 Å². The number of rotatable bonds is 5. The molecule has 0 radical (unpaired) electrons. The number of amides is 1. The number of aryl methyl sites for hydroxylation is 1. The second kappa shape index (κ2) is 6.76. The lowest BCUT2D eigenvalue weighted by Crippen LogP contribution is -2.28. The first-order valence-corrected chi connectivity index (χ1v) is 7.47. The number of halogens is 1. The number of hydrogen-bond donors (Lipinski definition) is 2. The van der Waals surface area contributed by atoms with E-state index in [0.29, 0.717) is 10.2 Å². The smallest absolute Gasteiger partial charge is 0.230 e. The predicted molar refractivity (Wildman–Crippen MR) is 79.9 cm³/mol. The number of aromatic amines is 1. The SMILES string of the molecule is Cc1nc(SCC(=O)NC(C)c2cccc(Cl)c2)n[nH]1. The van der Waals surface area contributed by atoms with Gasteiger partial charge in [-0.2, -0.15) is 0 Å². The molecular formula is C13H15ClN4OS. The zero-order chi connectivity index (χ0) is 14.5. The number of carbonyl (C=O) groups is 1. The normalized spacial score (nSPS) is 12.2. The van der Waals surface area contributed by atoms with Gasteiger partial charge in [-0.05, 0) is 31.5 Å². The highest BCUT2D eigenvalue weighted by atomic mass is 35.5. The van der Waals surface area contributed by atoms with Gasteiger partial charge in [0.1, 0.15) is 5.82 Å². The Kier molecular flexibility index (Phi) is 5.03. The van der Waals surface area contributed by atoms with Crippen LogP contribution in [0.2, 0.25) is 5.02 Å². The maximum atomic E-state index is 11.9. The van der Waals surface area contributed by atoms with E-state index in [2.05, 4.69) is 20.5 Å². The first-order chi connectivity index (χ1) is 9.54. The molecule has 0 saturated heterocycles. The molecule has 20 heavy (non-hydrogen) atoms. The number of nitrogens with one attached hydrogen (secondary N) is 2. The van der Waals surface area contributed by atoms with Crippen LogP contribution in [0.1, 0.15) is 24.4 Å². The summed E-state index contributed by atoms with van der Waals surface area (Å²) in [6.07, 6.45) is 0. The maximum absolute atomic E-state index is 11.9. The number of hydrogen-bond acceptors (Lipinski definition) is 4. The molecule has 1 atom stereocenters. The molecule has 106 valence electrons. The summed E-state index contributed by atoms with van der Waals surface area (Å²) in [6, 6.07) is 7.36. The number of thioether (sulfide) groups is 1. The summed E-state index contributed by atoms with van der Waals surface area (Å²) in [7, 11) is 0. The van der Waals surface area contributed by atoms with Crippen molar-refractivity contribution in [1.82, 2.24) is 20.5 Å². The zero-order valence-electron chi connectivity index (χ0n) is 11.2. The summed E-state index contributed by atoms with van der Waals surface area (Å²) >= 11 is 7.23. The highest BCUT2D eigenvalue weighted by molar-refractivity contribution is 7.99. The number of aromatic nitrogens is 3. The zero-order valence-corrected chi connectivity index (χ0v) is 12.8. The number of carbonyl (C=O) groups excluding carboxylic acids is 1. The Morgan fingerprint density at radius 3 is 3.00 bits per heavy atom. The second-order valence-corrected chi connectivity index (χ2v) is 5.72. The fraction of sp³-hybridized carbons (Fsp3) is 0.308. The fourth-order valence-corrected chi connectivity index (χ4v) is 2.51. The number of benzene rings is 1. The molecule has 0 aliphatic carbocycles. The Morgan fingerprint density at radius 2 is 2.35 bits per heavy atom. The number of H-pyrrole nitrogens is 1. The van der Waals surface area contributed by atoms with E-state index >= 15 is 0 Å². The van der Waals surface area contributed by atoms with Crippen LogP contribution in [-0.2, 0) is 4.79 Å². The molecule has 0 fully saturated rings. The van der Waals surface area contributed by atoms with Crippen molar-refractivity contribution in [3.8, 4) is 0 Å². The molecule has 0 spiro atoms. The Morgan fingerprint density at radius 1 is 1.55 bits per heavy atom. The minimum atomic E-state index is -0.0873. The average Bonchev–Trinajstić information content (AvgIpc) is 2.82.